The maximum Gasteiger partial charge on any atom is 0.367 e. The highest BCUT2D eigenvalue weighted by Crippen LogP contribution is 1.96. The zero-order valence-electron chi connectivity index (χ0n) is 6.98. The molecule has 0 bridgehead atoms. The first-order chi connectivity index (χ1) is 5.72. The molecule has 0 amide bonds. The summed E-state index contributed by atoms with van der Waals surface area (Å²) in [6.07, 6.45) is -1.54. The summed E-state index contributed by atoms with van der Waals surface area (Å²) in [5.41, 5.74) is 0. The molecule has 6 heteroatoms. The van der Waals surface area contributed by atoms with Gasteiger partial charge in [-0.15, -0.1) is 0 Å². The van der Waals surface area contributed by atoms with E-state index in [1.807, 2.05) is 0 Å². The fourth-order valence-corrected chi connectivity index (χ4v) is 0.358. The van der Waals surface area contributed by atoms with Gasteiger partial charge in [0.1, 0.15) is 0 Å². The Labute approximate surface area is 69.8 Å². The molecule has 0 aliphatic rings. The average molecular weight is 180 g/mol. The normalized spacial score (nSPS) is 10.6. The maximum absolute atomic E-state index is 10.3. The SMILES string of the molecule is CCOOC(OOCC)C(=O)O. The summed E-state index contributed by atoms with van der Waals surface area (Å²) < 4.78 is 0. The van der Waals surface area contributed by atoms with E-state index in [1.165, 1.54) is 0 Å². The quantitative estimate of drug-likeness (QED) is 0.346. The van der Waals surface area contributed by atoms with Crippen LogP contribution in [-0.4, -0.2) is 30.6 Å². The number of hydrogen-bond donors (Lipinski definition) is 1. The molecule has 0 aliphatic carbocycles. The van der Waals surface area contributed by atoms with Crippen molar-refractivity contribution in [2.75, 3.05) is 13.2 Å². The second-order valence-corrected chi connectivity index (χ2v) is 1.68. The third kappa shape index (κ3) is 5.03. The summed E-state index contributed by atoms with van der Waals surface area (Å²) in [5, 5.41) is 8.42. The molecule has 0 unspecified atom stereocenters. The third-order valence-corrected chi connectivity index (χ3v) is 0.748. The Bertz CT molecular complexity index is 117. The molecule has 0 aromatic rings. The standard InChI is InChI=1S/C6H12O6/c1-3-9-11-6(5(7)8)12-10-4-2/h6H,3-4H2,1-2H3,(H,7,8). The molecule has 12 heavy (non-hydrogen) atoms. The minimum atomic E-state index is -1.54. The Balaban J connectivity index is 3.62. The Kier molecular flexibility index (Phi) is 6.58. The molecular formula is C6H12O6. The van der Waals surface area contributed by atoms with Crippen LogP contribution in [0.5, 0.6) is 0 Å². The molecule has 0 heterocycles. The van der Waals surface area contributed by atoms with E-state index in [4.69, 9.17) is 5.11 Å². The van der Waals surface area contributed by atoms with Gasteiger partial charge in [0.2, 0.25) is 0 Å². The lowest BCUT2D eigenvalue weighted by Gasteiger charge is -2.10. The van der Waals surface area contributed by atoms with Crippen LogP contribution < -0.4 is 0 Å². The number of carboxylic acids is 1. The van der Waals surface area contributed by atoms with Gasteiger partial charge >= 0.3 is 12.3 Å². The Morgan fingerprint density at radius 3 is 1.92 bits per heavy atom. The van der Waals surface area contributed by atoms with Crippen LogP contribution in [-0.2, 0) is 24.3 Å². The Morgan fingerprint density at radius 2 is 1.67 bits per heavy atom. The fourth-order valence-electron chi connectivity index (χ4n) is 0.358. The first-order valence-electron chi connectivity index (χ1n) is 3.51. The van der Waals surface area contributed by atoms with E-state index in [-0.39, 0.29) is 13.2 Å². The van der Waals surface area contributed by atoms with Crippen molar-refractivity contribution in [3.05, 3.63) is 0 Å². The molecule has 0 saturated heterocycles. The van der Waals surface area contributed by atoms with E-state index < -0.39 is 12.3 Å². The fraction of sp³-hybridized carbons (Fsp3) is 0.833. The number of hydrogen-bond acceptors (Lipinski definition) is 5. The van der Waals surface area contributed by atoms with Crippen molar-refractivity contribution in [1.29, 1.82) is 0 Å². The van der Waals surface area contributed by atoms with Crippen molar-refractivity contribution in [2.45, 2.75) is 20.1 Å². The molecule has 0 spiro atoms. The molecule has 0 rings (SSSR count). The lowest BCUT2D eigenvalue weighted by molar-refractivity contribution is -0.448. The van der Waals surface area contributed by atoms with Gasteiger partial charge in [0.15, 0.2) is 0 Å². The molecule has 0 aromatic carbocycles. The van der Waals surface area contributed by atoms with E-state index in [9.17, 15) is 4.79 Å². The second kappa shape index (κ2) is 6.99. The van der Waals surface area contributed by atoms with Gasteiger partial charge in [0.05, 0.1) is 13.2 Å². The highest BCUT2D eigenvalue weighted by atomic mass is 17.3. The van der Waals surface area contributed by atoms with Crippen LogP contribution >= 0.6 is 0 Å². The molecule has 72 valence electrons. The molecule has 0 aliphatic heterocycles. The van der Waals surface area contributed by atoms with Gasteiger partial charge in [-0.1, -0.05) is 0 Å². The molecular weight excluding hydrogens is 168 g/mol. The van der Waals surface area contributed by atoms with Gasteiger partial charge in [-0.25, -0.2) is 14.6 Å². The minimum Gasteiger partial charge on any atom is -0.477 e. The van der Waals surface area contributed by atoms with Crippen LogP contribution in [0.3, 0.4) is 0 Å². The smallest absolute Gasteiger partial charge is 0.367 e. The number of rotatable bonds is 7. The zero-order chi connectivity index (χ0) is 9.40. The van der Waals surface area contributed by atoms with Crippen LogP contribution in [0.25, 0.3) is 0 Å². The summed E-state index contributed by atoms with van der Waals surface area (Å²) in [5.74, 6) is -1.31. The van der Waals surface area contributed by atoms with Crippen LogP contribution in [0.1, 0.15) is 13.8 Å². The Morgan fingerprint density at radius 1 is 1.25 bits per heavy atom. The van der Waals surface area contributed by atoms with Crippen LogP contribution in [0.15, 0.2) is 0 Å². The van der Waals surface area contributed by atoms with Crippen molar-refractivity contribution >= 4 is 5.97 Å². The molecule has 1 N–H and O–H groups in total. The van der Waals surface area contributed by atoms with E-state index in [2.05, 4.69) is 19.6 Å². The highest BCUT2D eigenvalue weighted by Gasteiger charge is 2.20. The average Bonchev–Trinajstić information content (AvgIpc) is 2.04. The topological polar surface area (TPSA) is 74.2 Å². The third-order valence-electron chi connectivity index (χ3n) is 0.748. The Hall–Kier alpha value is -0.690. The van der Waals surface area contributed by atoms with Crippen molar-refractivity contribution in [1.82, 2.24) is 0 Å². The van der Waals surface area contributed by atoms with Crippen LogP contribution in [0, 0.1) is 0 Å². The van der Waals surface area contributed by atoms with Crippen molar-refractivity contribution in [3.8, 4) is 0 Å². The monoisotopic (exact) mass is 180 g/mol. The predicted molar refractivity (Wildman–Crippen MR) is 36.8 cm³/mol. The van der Waals surface area contributed by atoms with Gasteiger partial charge in [0, 0.05) is 0 Å². The lowest BCUT2D eigenvalue weighted by Crippen LogP contribution is -2.27. The second-order valence-electron chi connectivity index (χ2n) is 1.68. The van der Waals surface area contributed by atoms with Gasteiger partial charge in [-0.3, -0.25) is 0 Å². The molecule has 6 nitrogen and oxygen atoms in total. The summed E-state index contributed by atoms with van der Waals surface area (Å²) in [7, 11) is 0. The largest absolute Gasteiger partial charge is 0.477 e. The molecule has 0 atom stereocenters. The first-order valence-corrected chi connectivity index (χ1v) is 3.51. The maximum atomic E-state index is 10.3. The summed E-state index contributed by atoms with van der Waals surface area (Å²) in [6, 6.07) is 0. The van der Waals surface area contributed by atoms with Crippen molar-refractivity contribution in [2.24, 2.45) is 0 Å². The van der Waals surface area contributed by atoms with E-state index in [0.717, 1.165) is 0 Å². The van der Waals surface area contributed by atoms with Gasteiger partial charge < -0.3 is 5.11 Å². The van der Waals surface area contributed by atoms with E-state index in [1.54, 1.807) is 13.8 Å². The zero-order valence-corrected chi connectivity index (χ0v) is 6.98. The summed E-state index contributed by atoms with van der Waals surface area (Å²) in [6.45, 7) is 3.78. The van der Waals surface area contributed by atoms with Gasteiger partial charge in [0.25, 0.3) is 0 Å². The molecule has 0 fully saturated rings. The summed E-state index contributed by atoms with van der Waals surface area (Å²) >= 11 is 0. The summed E-state index contributed by atoms with van der Waals surface area (Å²) in [4.78, 5) is 27.7. The number of carboxylic acid groups (broad SMARTS) is 1. The highest BCUT2D eigenvalue weighted by molar-refractivity contribution is 5.70. The van der Waals surface area contributed by atoms with Crippen molar-refractivity contribution < 1.29 is 29.5 Å². The van der Waals surface area contributed by atoms with Crippen LogP contribution in [0.2, 0.25) is 0 Å². The first kappa shape index (κ1) is 11.3. The van der Waals surface area contributed by atoms with E-state index >= 15 is 0 Å². The predicted octanol–water partition coefficient (Wildman–Crippen LogP) is 0.333. The molecule has 0 radical (unpaired) electrons. The van der Waals surface area contributed by atoms with Gasteiger partial charge in [-0.2, -0.15) is 9.78 Å². The molecule has 0 saturated carbocycles. The number of carbonyl (C=O) groups is 1. The minimum absolute atomic E-state index is 0.235. The lowest BCUT2D eigenvalue weighted by atomic mass is 10.7. The van der Waals surface area contributed by atoms with E-state index in [0.29, 0.717) is 0 Å². The van der Waals surface area contributed by atoms with Gasteiger partial charge in [-0.05, 0) is 13.8 Å². The number of aliphatic carboxylic acids is 1. The van der Waals surface area contributed by atoms with Crippen molar-refractivity contribution in [3.63, 3.8) is 0 Å². The van der Waals surface area contributed by atoms with Crippen LogP contribution in [0.4, 0.5) is 0 Å². The molecule has 0 aromatic heterocycles.